The number of nitrogen functional groups attached to an aromatic ring is 1. The summed E-state index contributed by atoms with van der Waals surface area (Å²) in [5.74, 6) is 4.20. The van der Waals surface area contributed by atoms with Crippen LogP contribution in [0.5, 0.6) is 17.2 Å². The van der Waals surface area contributed by atoms with E-state index in [2.05, 4.69) is 4.84 Å². The van der Waals surface area contributed by atoms with Crippen molar-refractivity contribution >= 4 is 5.69 Å². The molecule has 11 heavy (non-hydrogen) atoms. The predicted octanol–water partition coefficient (Wildman–Crippen LogP) is -0.0675. The Morgan fingerprint density at radius 1 is 1.27 bits per heavy atom. The number of rotatable bonds is 1. The Balaban J connectivity index is 3.25. The summed E-state index contributed by atoms with van der Waals surface area (Å²) >= 11 is 0. The molecule has 0 aliphatic heterocycles. The lowest BCUT2D eigenvalue weighted by molar-refractivity contribution is 0.332. The van der Waals surface area contributed by atoms with Gasteiger partial charge in [0.25, 0.3) is 0 Å². The van der Waals surface area contributed by atoms with Crippen molar-refractivity contribution < 1.29 is 15.1 Å². The molecule has 1 aromatic carbocycles. The largest absolute Gasteiger partial charge is 0.504 e. The van der Waals surface area contributed by atoms with Gasteiger partial charge in [0.2, 0.25) is 0 Å². The summed E-state index contributed by atoms with van der Waals surface area (Å²) in [6.45, 7) is 0. The second kappa shape index (κ2) is 2.55. The second-order valence-corrected chi connectivity index (χ2v) is 1.96. The van der Waals surface area contributed by atoms with Crippen molar-refractivity contribution in [3.8, 4) is 17.2 Å². The Morgan fingerprint density at radius 2 is 1.91 bits per heavy atom. The van der Waals surface area contributed by atoms with E-state index < -0.39 is 5.75 Å². The Hall–Kier alpha value is -1.62. The molecule has 5 nitrogen and oxygen atoms in total. The van der Waals surface area contributed by atoms with E-state index in [-0.39, 0.29) is 17.2 Å². The van der Waals surface area contributed by atoms with Crippen LogP contribution in [0.1, 0.15) is 0 Å². The lowest BCUT2D eigenvalue weighted by Crippen LogP contribution is -2.04. The highest BCUT2D eigenvalue weighted by atomic mass is 16.6. The number of phenolic OH excluding ortho intramolecular Hbond substituents is 2. The normalized spacial score (nSPS) is 9.55. The van der Waals surface area contributed by atoms with Crippen molar-refractivity contribution in [2.75, 3.05) is 5.73 Å². The van der Waals surface area contributed by atoms with Gasteiger partial charge < -0.3 is 20.8 Å². The van der Waals surface area contributed by atoms with E-state index in [1.165, 1.54) is 12.1 Å². The molecule has 0 aliphatic rings. The number of aromatic hydroxyl groups is 2. The molecular weight excluding hydrogens is 148 g/mol. The predicted molar refractivity (Wildman–Crippen MR) is 39.0 cm³/mol. The van der Waals surface area contributed by atoms with E-state index in [9.17, 15) is 0 Å². The summed E-state index contributed by atoms with van der Waals surface area (Å²) < 4.78 is 0. The van der Waals surface area contributed by atoms with Crippen LogP contribution in [-0.4, -0.2) is 10.2 Å². The smallest absolute Gasteiger partial charge is 0.184 e. The number of benzene rings is 1. The zero-order valence-corrected chi connectivity index (χ0v) is 5.61. The van der Waals surface area contributed by atoms with E-state index >= 15 is 0 Å². The molecule has 0 saturated heterocycles. The van der Waals surface area contributed by atoms with Crippen LogP contribution in [0, 0.1) is 0 Å². The standard InChI is InChI=1S/C6H8N2O3/c7-5-4(11-8)2-1-3(9)6(5)10/h1-2,9-10H,7-8H2. The van der Waals surface area contributed by atoms with Gasteiger partial charge in [-0.3, -0.25) is 0 Å². The minimum Gasteiger partial charge on any atom is -0.504 e. The summed E-state index contributed by atoms with van der Waals surface area (Å²) in [5.41, 5.74) is 5.20. The van der Waals surface area contributed by atoms with Gasteiger partial charge in [-0.2, -0.15) is 5.90 Å². The summed E-state index contributed by atoms with van der Waals surface area (Å²) in [4.78, 5) is 4.28. The second-order valence-electron chi connectivity index (χ2n) is 1.96. The molecule has 0 radical (unpaired) electrons. The van der Waals surface area contributed by atoms with Crippen LogP contribution in [0.4, 0.5) is 5.69 Å². The molecule has 0 unspecified atom stereocenters. The van der Waals surface area contributed by atoms with Crippen LogP contribution in [0.15, 0.2) is 12.1 Å². The molecule has 1 aromatic rings. The van der Waals surface area contributed by atoms with Crippen molar-refractivity contribution in [1.82, 2.24) is 0 Å². The lowest BCUT2D eigenvalue weighted by atomic mass is 10.2. The molecule has 0 atom stereocenters. The molecule has 0 spiro atoms. The quantitative estimate of drug-likeness (QED) is 0.259. The summed E-state index contributed by atoms with van der Waals surface area (Å²) in [5, 5.41) is 17.9. The highest BCUT2D eigenvalue weighted by molar-refractivity contribution is 5.67. The number of anilines is 1. The van der Waals surface area contributed by atoms with Crippen molar-refractivity contribution in [1.29, 1.82) is 0 Å². The third-order valence-corrected chi connectivity index (χ3v) is 1.28. The number of nitrogens with two attached hydrogens (primary N) is 2. The fourth-order valence-corrected chi connectivity index (χ4v) is 0.681. The van der Waals surface area contributed by atoms with Crippen LogP contribution in [-0.2, 0) is 0 Å². The molecular formula is C6H8N2O3. The number of phenols is 2. The maximum atomic E-state index is 9.01. The molecule has 6 N–H and O–H groups in total. The summed E-state index contributed by atoms with van der Waals surface area (Å²) in [6.07, 6.45) is 0. The highest BCUT2D eigenvalue weighted by Crippen LogP contribution is 2.37. The van der Waals surface area contributed by atoms with Crippen molar-refractivity contribution in [2.24, 2.45) is 5.90 Å². The van der Waals surface area contributed by atoms with E-state index in [0.29, 0.717) is 0 Å². The molecule has 0 aliphatic carbocycles. The average molecular weight is 156 g/mol. The van der Waals surface area contributed by atoms with E-state index in [1.807, 2.05) is 0 Å². The van der Waals surface area contributed by atoms with E-state index in [4.69, 9.17) is 21.8 Å². The van der Waals surface area contributed by atoms with Gasteiger partial charge in [-0.05, 0) is 12.1 Å². The van der Waals surface area contributed by atoms with Crippen LogP contribution in [0.3, 0.4) is 0 Å². The maximum absolute atomic E-state index is 9.01. The molecule has 0 aromatic heterocycles. The first kappa shape index (κ1) is 7.49. The molecule has 0 bridgehead atoms. The van der Waals surface area contributed by atoms with Crippen molar-refractivity contribution in [3.63, 3.8) is 0 Å². The molecule has 5 heteroatoms. The average Bonchev–Trinajstić information content (AvgIpc) is 2.01. The fraction of sp³-hybridized carbons (Fsp3) is 0. The SMILES string of the molecule is NOc1ccc(O)c(O)c1N. The molecule has 0 saturated carbocycles. The minimum atomic E-state index is -0.423. The zero-order valence-electron chi connectivity index (χ0n) is 5.61. The first-order valence-electron chi connectivity index (χ1n) is 2.84. The Bertz CT molecular complexity index is 275. The Labute approximate surface area is 62.8 Å². The third-order valence-electron chi connectivity index (χ3n) is 1.28. The maximum Gasteiger partial charge on any atom is 0.184 e. The van der Waals surface area contributed by atoms with Crippen LogP contribution < -0.4 is 16.5 Å². The van der Waals surface area contributed by atoms with Crippen molar-refractivity contribution in [2.45, 2.75) is 0 Å². The first-order chi connectivity index (χ1) is 5.16. The molecule has 1 rings (SSSR count). The van der Waals surface area contributed by atoms with Gasteiger partial charge in [0.05, 0.1) is 0 Å². The summed E-state index contributed by atoms with van der Waals surface area (Å²) in [7, 11) is 0. The van der Waals surface area contributed by atoms with Gasteiger partial charge in [0.15, 0.2) is 17.2 Å². The van der Waals surface area contributed by atoms with E-state index in [1.54, 1.807) is 0 Å². The van der Waals surface area contributed by atoms with E-state index in [0.717, 1.165) is 0 Å². The van der Waals surface area contributed by atoms with Gasteiger partial charge in [-0.15, -0.1) is 0 Å². The molecule has 0 amide bonds. The number of hydrogen-bond donors (Lipinski definition) is 4. The zero-order chi connectivity index (χ0) is 8.43. The highest BCUT2D eigenvalue weighted by Gasteiger charge is 2.08. The Morgan fingerprint density at radius 3 is 2.45 bits per heavy atom. The van der Waals surface area contributed by atoms with Gasteiger partial charge in [0.1, 0.15) is 5.69 Å². The molecule has 60 valence electrons. The molecule has 0 fully saturated rings. The minimum absolute atomic E-state index is 0.0764. The van der Waals surface area contributed by atoms with Crippen LogP contribution >= 0.6 is 0 Å². The Kier molecular flexibility index (Phi) is 1.74. The van der Waals surface area contributed by atoms with Gasteiger partial charge >= 0.3 is 0 Å². The van der Waals surface area contributed by atoms with Gasteiger partial charge in [-0.1, -0.05) is 0 Å². The molecule has 0 heterocycles. The topological polar surface area (TPSA) is 102 Å². The van der Waals surface area contributed by atoms with Gasteiger partial charge in [-0.25, -0.2) is 0 Å². The van der Waals surface area contributed by atoms with Gasteiger partial charge in [0, 0.05) is 0 Å². The third kappa shape index (κ3) is 1.13. The van der Waals surface area contributed by atoms with Crippen LogP contribution in [0.25, 0.3) is 0 Å². The summed E-state index contributed by atoms with van der Waals surface area (Å²) in [6, 6.07) is 2.58. The number of hydrogen-bond acceptors (Lipinski definition) is 5. The fourth-order valence-electron chi connectivity index (χ4n) is 0.681. The van der Waals surface area contributed by atoms with Crippen LogP contribution in [0.2, 0.25) is 0 Å². The van der Waals surface area contributed by atoms with Crippen molar-refractivity contribution in [3.05, 3.63) is 12.1 Å². The first-order valence-corrected chi connectivity index (χ1v) is 2.84. The lowest BCUT2D eigenvalue weighted by Gasteiger charge is -2.05. The monoisotopic (exact) mass is 156 g/mol.